The fourth-order valence-electron chi connectivity index (χ4n) is 2.94. The van der Waals surface area contributed by atoms with Gasteiger partial charge in [0.2, 0.25) is 17.6 Å². The van der Waals surface area contributed by atoms with Gasteiger partial charge in [0.05, 0.1) is 13.5 Å². The predicted molar refractivity (Wildman–Crippen MR) is 107 cm³/mol. The highest BCUT2D eigenvalue weighted by atomic mass is 16.5. The summed E-state index contributed by atoms with van der Waals surface area (Å²) >= 11 is 0. The molecule has 0 aliphatic carbocycles. The van der Waals surface area contributed by atoms with Gasteiger partial charge in [0.15, 0.2) is 0 Å². The molecule has 0 N–H and O–H groups in total. The molecule has 0 bridgehead atoms. The predicted octanol–water partition coefficient (Wildman–Crippen LogP) is 4.03. The van der Waals surface area contributed by atoms with Crippen molar-refractivity contribution in [2.45, 2.75) is 39.8 Å². The first kappa shape index (κ1) is 19.6. The molecule has 6 nitrogen and oxygen atoms in total. The van der Waals surface area contributed by atoms with Crippen molar-refractivity contribution in [2.24, 2.45) is 0 Å². The van der Waals surface area contributed by atoms with Crippen LogP contribution in [0, 0.1) is 6.92 Å². The van der Waals surface area contributed by atoms with Gasteiger partial charge in [0.1, 0.15) is 12.3 Å². The minimum Gasteiger partial charge on any atom is -0.497 e. The molecule has 1 aromatic heterocycles. The van der Waals surface area contributed by atoms with Crippen LogP contribution in [0.5, 0.6) is 5.75 Å². The summed E-state index contributed by atoms with van der Waals surface area (Å²) in [6, 6.07) is 15.4. The van der Waals surface area contributed by atoms with Gasteiger partial charge in [-0.2, -0.15) is 4.98 Å². The molecule has 3 aromatic rings. The zero-order chi connectivity index (χ0) is 20.1. The molecular weight excluding hydrogens is 354 g/mol. The highest BCUT2D eigenvalue weighted by Crippen LogP contribution is 2.19. The van der Waals surface area contributed by atoms with Gasteiger partial charge in [-0.05, 0) is 44.5 Å². The lowest BCUT2D eigenvalue weighted by atomic mass is 10.1. The second kappa shape index (κ2) is 8.69. The summed E-state index contributed by atoms with van der Waals surface area (Å²) in [5.41, 5.74) is 2.96. The Hall–Kier alpha value is -3.15. The van der Waals surface area contributed by atoms with Crippen LogP contribution in [-0.2, 0) is 17.8 Å². The van der Waals surface area contributed by atoms with Gasteiger partial charge in [0, 0.05) is 11.6 Å². The lowest BCUT2D eigenvalue weighted by Gasteiger charge is -2.25. The van der Waals surface area contributed by atoms with E-state index < -0.39 is 0 Å². The Balaban J connectivity index is 1.71. The Morgan fingerprint density at radius 3 is 2.57 bits per heavy atom. The normalized spacial score (nSPS) is 10.9. The van der Waals surface area contributed by atoms with E-state index in [0.29, 0.717) is 18.1 Å². The second-order valence-electron chi connectivity index (χ2n) is 7.02. The molecule has 1 heterocycles. The summed E-state index contributed by atoms with van der Waals surface area (Å²) in [4.78, 5) is 19.1. The summed E-state index contributed by atoms with van der Waals surface area (Å²) in [7, 11) is 1.62. The number of aromatic nitrogens is 2. The molecule has 0 saturated carbocycles. The Kier molecular flexibility index (Phi) is 6.09. The maximum atomic E-state index is 12.8. The molecular formula is C22H25N3O3. The summed E-state index contributed by atoms with van der Waals surface area (Å²) in [5.74, 6) is 1.74. The Morgan fingerprint density at radius 2 is 1.93 bits per heavy atom. The molecule has 28 heavy (non-hydrogen) atoms. The van der Waals surface area contributed by atoms with Crippen molar-refractivity contribution in [3.8, 4) is 17.1 Å². The van der Waals surface area contributed by atoms with Gasteiger partial charge < -0.3 is 14.2 Å². The standard InChI is InChI=1S/C22H25N3O3/c1-15(2)25(21(26)13-17-8-10-19(27-4)11-9-17)14-20-23-22(24-28-20)18-7-5-6-16(3)12-18/h5-12,15H,13-14H2,1-4H3. The summed E-state index contributed by atoms with van der Waals surface area (Å²) in [6.07, 6.45) is 0.307. The second-order valence-corrected chi connectivity index (χ2v) is 7.02. The number of methoxy groups -OCH3 is 1. The minimum atomic E-state index is 0.00970. The van der Waals surface area contributed by atoms with Crippen molar-refractivity contribution in [2.75, 3.05) is 7.11 Å². The fourth-order valence-corrected chi connectivity index (χ4v) is 2.94. The highest BCUT2D eigenvalue weighted by molar-refractivity contribution is 5.79. The van der Waals surface area contributed by atoms with Crippen molar-refractivity contribution in [3.05, 3.63) is 65.5 Å². The molecule has 1 amide bonds. The molecule has 0 aliphatic rings. The Morgan fingerprint density at radius 1 is 1.18 bits per heavy atom. The van der Waals surface area contributed by atoms with Crippen LogP contribution in [-0.4, -0.2) is 34.1 Å². The molecule has 6 heteroatoms. The topological polar surface area (TPSA) is 68.5 Å². The summed E-state index contributed by atoms with van der Waals surface area (Å²) in [5, 5.41) is 4.06. The lowest BCUT2D eigenvalue weighted by molar-refractivity contribution is -0.133. The van der Waals surface area contributed by atoms with E-state index in [2.05, 4.69) is 10.1 Å². The van der Waals surface area contributed by atoms with Gasteiger partial charge in [-0.3, -0.25) is 4.79 Å². The third kappa shape index (κ3) is 4.76. The van der Waals surface area contributed by atoms with Crippen molar-refractivity contribution in [1.29, 1.82) is 0 Å². The Labute approximate surface area is 165 Å². The van der Waals surface area contributed by atoms with E-state index in [4.69, 9.17) is 9.26 Å². The quantitative estimate of drug-likeness (QED) is 0.620. The zero-order valence-electron chi connectivity index (χ0n) is 16.7. The van der Waals surface area contributed by atoms with Gasteiger partial charge in [-0.25, -0.2) is 0 Å². The monoisotopic (exact) mass is 379 g/mol. The molecule has 0 atom stereocenters. The SMILES string of the molecule is COc1ccc(CC(=O)N(Cc2nc(-c3cccc(C)c3)no2)C(C)C)cc1. The molecule has 3 rings (SSSR count). The van der Waals surface area contributed by atoms with Crippen LogP contribution >= 0.6 is 0 Å². The van der Waals surface area contributed by atoms with E-state index in [1.807, 2.05) is 69.3 Å². The number of hydrogen-bond acceptors (Lipinski definition) is 5. The first-order chi connectivity index (χ1) is 13.5. The molecule has 0 saturated heterocycles. The van der Waals surface area contributed by atoms with E-state index >= 15 is 0 Å². The third-order valence-corrected chi connectivity index (χ3v) is 4.51. The van der Waals surface area contributed by atoms with Crippen LogP contribution in [0.3, 0.4) is 0 Å². The van der Waals surface area contributed by atoms with Crippen molar-refractivity contribution >= 4 is 5.91 Å². The third-order valence-electron chi connectivity index (χ3n) is 4.51. The van der Waals surface area contributed by atoms with Crippen molar-refractivity contribution < 1.29 is 14.1 Å². The van der Waals surface area contributed by atoms with Crippen LogP contribution < -0.4 is 4.74 Å². The number of benzene rings is 2. The lowest BCUT2D eigenvalue weighted by Crippen LogP contribution is -2.37. The van der Waals surface area contributed by atoms with E-state index in [1.165, 1.54) is 0 Å². The van der Waals surface area contributed by atoms with E-state index in [1.54, 1.807) is 12.0 Å². The molecule has 2 aromatic carbocycles. The molecule has 0 radical (unpaired) electrons. The zero-order valence-corrected chi connectivity index (χ0v) is 16.7. The summed E-state index contributed by atoms with van der Waals surface area (Å²) < 4.78 is 10.6. The van der Waals surface area contributed by atoms with Gasteiger partial charge in [-0.15, -0.1) is 0 Å². The number of rotatable bonds is 7. The van der Waals surface area contributed by atoms with Crippen LogP contribution in [0.4, 0.5) is 0 Å². The molecule has 0 aliphatic heterocycles. The van der Waals surface area contributed by atoms with Crippen LogP contribution in [0.2, 0.25) is 0 Å². The first-order valence-corrected chi connectivity index (χ1v) is 9.28. The van der Waals surface area contributed by atoms with Crippen LogP contribution in [0.25, 0.3) is 11.4 Å². The maximum Gasteiger partial charge on any atom is 0.246 e. The average Bonchev–Trinajstić information content (AvgIpc) is 3.15. The molecule has 0 fully saturated rings. The number of nitrogens with zero attached hydrogens (tertiary/aromatic N) is 3. The highest BCUT2D eigenvalue weighted by Gasteiger charge is 2.21. The smallest absolute Gasteiger partial charge is 0.246 e. The van der Waals surface area contributed by atoms with E-state index in [0.717, 1.165) is 22.4 Å². The van der Waals surface area contributed by atoms with Gasteiger partial charge in [0.25, 0.3) is 0 Å². The molecule has 146 valence electrons. The van der Waals surface area contributed by atoms with Crippen LogP contribution in [0.1, 0.15) is 30.9 Å². The number of carbonyl (C=O) groups excluding carboxylic acids is 1. The van der Waals surface area contributed by atoms with Gasteiger partial charge >= 0.3 is 0 Å². The largest absolute Gasteiger partial charge is 0.497 e. The van der Waals surface area contributed by atoms with Crippen molar-refractivity contribution in [1.82, 2.24) is 15.0 Å². The number of amides is 1. The Bertz CT molecular complexity index is 932. The van der Waals surface area contributed by atoms with Gasteiger partial charge in [-0.1, -0.05) is 41.1 Å². The van der Waals surface area contributed by atoms with E-state index in [-0.39, 0.29) is 18.5 Å². The minimum absolute atomic E-state index is 0.00970. The number of hydrogen-bond donors (Lipinski definition) is 0. The fraction of sp³-hybridized carbons (Fsp3) is 0.318. The molecule has 0 unspecified atom stereocenters. The first-order valence-electron chi connectivity index (χ1n) is 9.28. The van der Waals surface area contributed by atoms with E-state index in [9.17, 15) is 4.79 Å². The summed E-state index contributed by atoms with van der Waals surface area (Å²) in [6.45, 7) is 6.25. The number of carbonyl (C=O) groups is 1. The molecule has 0 spiro atoms. The van der Waals surface area contributed by atoms with Crippen LogP contribution in [0.15, 0.2) is 53.1 Å². The number of ether oxygens (including phenoxy) is 1. The number of aryl methyl sites for hydroxylation is 1. The average molecular weight is 379 g/mol. The maximum absolute atomic E-state index is 12.8. The van der Waals surface area contributed by atoms with Crippen molar-refractivity contribution in [3.63, 3.8) is 0 Å².